The minimum atomic E-state index is -2.58. The molecule has 0 aliphatic carbocycles. The Morgan fingerprint density at radius 2 is 1.23 bits per heavy atom. The first-order valence-corrected chi connectivity index (χ1v) is 12.8. The zero-order valence-electron chi connectivity index (χ0n) is 17.4. The van der Waals surface area contributed by atoms with E-state index in [2.05, 4.69) is 5.32 Å². The lowest BCUT2D eigenvalue weighted by atomic mass is 10.0. The molecule has 1 atom stereocenters. The molecule has 1 unspecified atom stereocenters. The molecule has 0 fully saturated rings. The highest BCUT2D eigenvalue weighted by Gasteiger charge is 2.37. The zero-order valence-corrected chi connectivity index (χ0v) is 19.4. The molecule has 0 radical (unpaired) electrons. The number of hydrogen-bond donors (Lipinski definition) is 1. The maximum Gasteiger partial charge on any atom is 0.500 e. The number of ketones is 1. The SMILES string of the molecule is CO[Si](CCCNCC(C)C(=O)CCC[Si](OC)(OC)OC)(OC)OC. The fourth-order valence-electron chi connectivity index (χ4n) is 2.70. The third kappa shape index (κ3) is 8.67. The number of hydrogen-bond acceptors (Lipinski definition) is 8. The average Bonchev–Trinajstić information content (AvgIpc) is 2.68. The van der Waals surface area contributed by atoms with Gasteiger partial charge in [0.05, 0.1) is 0 Å². The zero-order chi connectivity index (χ0) is 20.1. The Labute approximate surface area is 160 Å². The van der Waals surface area contributed by atoms with Gasteiger partial charge in [-0.05, 0) is 19.4 Å². The van der Waals surface area contributed by atoms with Crippen molar-refractivity contribution in [3.63, 3.8) is 0 Å². The Bertz CT molecular complexity index is 363. The molecule has 0 rings (SSSR count). The van der Waals surface area contributed by atoms with Crippen molar-refractivity contribution in [2.45, 2.75) is 38.3 Å². The van der Waals surface area contributed by atoms with Gasteiger partial charge in [-0.3, -0.25) is 4.79 Å². The van der Waals surface area contributed by atoms with E-state index in [1.807, 2.05) is 6.92 Å². The van der Waals surface area contributed by atoms with Crippen molar-refractivity contribution in [3.8, 4) is 0 Å². The molecular weight excluding hydrogens is 374 g/mol. The van der Waals surface area contributed by atoms with Gasteiger partial charge in [-0.2, -0.15) is 0 Å². The van der Waals surface area contributed by atoms with E-state index in [-0.39, 0.29) is 11.7 Å². The van der Waals surface area contributed by atoms with Crippen LogP contribution in [0.25, 0.3) is 0 Å². The summed E-state index contributed by atoms with van der Waals surface area (Å²) in [6.07, 6.45) is 2.07. The summed E-state index contributed by atoms with van der Waals surface area (Å²) in [5.74, 6) is 0.200. The van der Waals surface area contributed by atoms with Crippen molar-refractivity contribution < 1.29 is 31.4 Å². The molecule has 0 bridgehead atoms. The molecule has 0 saturated heterocycles. The van der Waals surface area contributed by atoms with Gasteiger partial charge in [-0.15, -0.1) is 0 Å². The molecule has 156 valence electrons. The van der Waals surface area contributed by atoms with Gasteiger partial charge in [0.2, 0.25) is 0 Å². The second-order valence-electron chi connectivity index (χ2n) is 6.12. The number of carbonyl (C=O) groups excluding carboxylic acids is 1. The molecular formula is C16H37NO7Si2. The van der Waals surface area contributed by atoms with Crippen LogP contribution in [0.2, 0.25) is 12.1 Å². The maximum absolute atomic E-state index is 12.3. The van der Waals surface area contributed by atoms with E-state index in [1.54, 1.807) is 42.7 Å². The summed E-state index contributed by atoms with van der Waals surface area (Å²) in [5, 5.41) is 3.32. The number of nitrogens with one attached hydrogen (secondary N) is 1. The lowest BCUT2D eigenvalue weighted by Crippen LogP contribution is -2.43. The average molecular weight is 412 g/mol. The fourth-order valence-corrected chi connectivity index (χ4v) is 6.14. The van der Waals surface area contributed by atoms with Crippen LogP contribution >= 0.6 is 0 Å². The molecule has 1 N–H and O–H groups in total. The van der Waals surface area contributed by atoms with Crippen LogP contribution in [-0.4, -0.2) is 79.1 Å². The summed E-state index contributed by atoms with van der Waals surface area (Å²) >= 11 is 0. The van der Waals surface area contributed by atoms with Gasteiger partial charge in [-0.1, -0.05) is 6.92 Å². The monoisotopic (exact) mass is 411 g/mol. The van der Waals surface area contributed by atoms with E-state index < -0.39 is 17.6 Å². The first-order valence-electron chi connectivity index (χ1n) is 8.92. The van der Waals surface area contributed by atoms with Crippen molar-refractivity contribution >= 4 is 23.4 Å². The summed E-state index contributed by atoms with van der Waals surface area (Å²) in [4.78, 5) is 12.3. The number of rotatable bonds is 17. The van der Waals surface area contributed by atoms with Crippen LogP contribution in [0.4, 0.5) is 0 Å². The number of Topliss-reactive ketones (excluding diaryl/α,β-unsaturated/α-hetero) is 1. The van der Waals surface area contributed by atoms with Crippen molar-refractivity contribution in [2.24, 2.45) is 5.92 Å². The summed E-state index contributed by atoms with van der Waals surface area (Å²) in [6.45, 7) is 3.39. The molecule has 0 amide bonds. The quantitative estimate of drug-likeness (QED) is 0.286. The van der Waals surface area contributed by atoms with E-state index in [0.29, 0.717) is 25.4 Å². The Morgan fingerprint density at radius 1 is 0.808 bits per heavy atom. The van der Waals surface area contributed by atoms with Crippen LogP contribution in [0.5, 0.6) is 0 Å². The van der Waals surface area contributed by atoms with E-state index >= 15 is 0 Å². The van der Waals surface area contributed by atoms with Crippen molar-refractivity contribution in [2.75, 3.05) is 55.7 Å². The Balaban J connectivity index is 4.03. The largest absolute Gasteiger partial charge is 0.500 e. The van der Waals surface area contributed by atoms with Crippen molar-refractivity contribution in [3.05, 3.63) is 0 Å². The molecule has 0 spiro atoms. The maximum atomic E-state index is 12.3. The van der Waals surface area contributed by atoms with Crippen molar-refractivity contribution in [1.82, 2.24) is 5.32 Å². The van der Waals surface area contributed by atoms with Gasteiger partial charge in [0.1, 0.15) is 5.78 Å². The molecule has 0 aliphatic heterocycles. The van der Waals surface area contributed by atoms with Crippen LogP contribution < -0.4 is 5.32 Å². The van der Waals surface area contributed by atoms with E-state index in [0.717, 1.165) is 19.0 Å². The second-order valence-corrected chi connectivity index (χ2v) is 12.3. The topological polar surface area (TPSA) is 84.5 Å². The highest BCUT2D eigenvalue weighted by atomic mass is 28.4. The summed E-state index contributed by atoms with van der Waals surface area (Å²) in [6, 6.07) is 1.38. The second kappa shape index (κ2) is 13.9. The van der Waals surface area contributed by atoms with Crippen molar-refractivity contribution in [1.29, 1.82) is 0 Å². The molecule has 0 aromatic carbocycles. The highest BCUT2D eigenvalue weighted by molar-refractivity contribution is 6.60. The molecule has 0 aliphatic rings. The summed E-state index contributed by atoms with van der Waals surface area (Å²) in [5.41, 5.74) is 0. The first-order chi connectivity index (χ1) is 12.4. The highest BCUT2D eigenvalue weighted by Crippen LogP contribution is 2.18. The smallest absolute Gasteiger partial charge is 0.377 e. The van der Waals surface area contributed by atoms with E-state index in [4.69, 9.17) is 26.6 Å². The van der Waals surface area contributed by atoms with Gasteiger partial charge in [0.15, 0.2) is 0 Å². The predicted octanol–water partition coefficient (Wildman–Crippen LogP) is 1.71. The molecule has 0 heterocycles. The molecule has 26 heavy (non-hydrogen) atoms. The minimum absolute atomic E-state index is 0.0343. The molecule has 10 heteroatoms. The van der Waals surface area contributed by atoms with Crippen LogP contribution in [-0.2, 0) is 31.4 Å². The van der Waals surface area contributed by atoms with Crippen LogP contribution in [0.15, 0.2) is 0 Å². The normalized spacial score (nSPS) is 13.8. The third-order valence-corrected chi connectivity index (χ3v) is 10.3. The van der Waals surface area contributed by atoms with Crippen LogP contribution in [0.1, 0.15) is 26.2 Å². The van der Waals surface area contributed by atoms with Gasteiger partial charge in [-0.25, -0.2) is 0 Å². The third-order valence-electron chi connectivity index (χ3n) is 4.61. The molecule has 0 aromatic rings. The van der Waals surface area contributed by atoms with E-state index in [9.17, 15) is 4.79 Å². The van der Waals surface area contributed by atoms with E-state index in [1.165, 1.54) is 0 Å². The van der Waals surface area contributed by atoms with Gasteiger partial charge >= 0.3 is 17.6 Å². The Kier molecular flexibility index (Phi) is 13.8. The Hall–Kier alpha value is -0.176. The van der Waals surface area contributed by atoms with Gasteiger partial charge in [0, 0.05) is 73.6 Å². The van der Waals surface area contributed by atoms with Gasteiger partial charge < -0.3 is 31.9 Å². The molecule has 0 aromatic heterocycles. The Morgan fingerprint density at radius 3 is 1.65 bits per heavy atom. The van der Waals surface area contributed by atoms with Crippen LogP contribution in [0.3, 0.4) is 0 Å². The molecule has 0 saturated carbocycles. The first kappa shape index (κ1) is 25.8. The minimum Gasteiger partial charge on any atom is -0.377 e. The predicted molar refractivity (Wildman–Crippen MR) is 104 cm³/mol. The molecule has 8 nitrogen and oxygen atoms in total. The lowest BCUT2D eigenvalue weighted by molar-refractivity contribution is -0.122. The summed E-state index contributed by atoms with van der Waals surface area (Å²) in [7, 11) is 4.51. The standard InChI is InChI=1S/C16H37NO7Si2/c1-15(14-17-11-9-13-26(22-5,23-6)24-7)16(18)10-8-12-25(19-2,20-3)21-4/h15,17H,8-14H2,1-7H3. The van der Waals surface area contributed by atoms with Crippen LogP contribution in [0, 0.1) is 5.92 Å². The van der Waals surface area contributed by atoms with Gasteiger partial charge in [0.25, 0.3) is 0 Å². The fraction of sp³-hybridized carbons (Fsp3) is 0.938. The lowest BCUT2D eigenvalue weighted by Gasteiger charge is -2.24. The number of carbonyl (C=O) groups is 1. The summed E-state index contributed by atoms with van der Waals surface area (Å²) < 4.78 is 32.3.